The number of carbonyl (C=O) groups is 2. The highest BCUT2D eigenvalue weighted by Crippen LogP contribution is 2.30. The van der Waals surface area contributed by atoms with Crippen LogP contribution in [-0.2, 0) is 10.2 Å². The number of carbonyl (C=O) groups excluding carboxylic acids is 1. The van der Waals surface area contributed by atoms with Crippen molar-refractivity contribution in [2.75, 3.05) is 13.1 Å². The van der Waals surface area contributed by atoms with Gasteiger partial charge in [0.2, 0.25) is 0 Å². The van der Waals surface area contributed by atoms with Crippen LogP contribution in [0.15, 0.2) is 0 Å². The number of hydrogen-bond donors (Lipinski definition) is 1. The van der Waals surface area contributed by atoms with Crippen molar-refractivity contribution in [3.05, 3.63) is 10.6 Å². The molecule has 2 heterocycles. The van der Waals surface area contributed by atoms with E-state index in [1.54, 1.807) is 4.90 Å². The van der Waals surface area contributed by atoms with E-state index in [1.807, 2.05) is 27.7 Å². The first-order valence-corrected chi connectivity index (χ1v) is 7.34. The van der Waals surface area contributed by atoms with Gasteiger partial charge in [-0.3, -0.25) is 9.59 Å². The van der Waals surface area contributed by atoms with Crippen LogP contribution < -0.4 is 0 Å². The molecule has 1 fully saturated rings. The second kappa shape index (κ2) is 5.12. The van der Waals surface area contributed by atoms with Crippen LogP contribution in [0.25, 0.3) is 0 Å². The van der Waals surface area contributed by atoms with E-state index < -0.39 is 11.9 Å². The molecular weight excluding hydrogens is 278 g/mol. The minimum atomic E-state index is -0.841. The first kappa shape index (κ1) is 14.9. The van der Waals surface area contributed by atoms with Gasteiger partial charge in [-0.2, -0.15) is 0 Å². The summed E-state index contributed by atoms with van der Waals surface area (Å²) in [6.45, 7) is 8.53. The van der Waals surface area contributed by atoms with E-state index in [1.165, 1.54) is 0 Å². The summed E-state index contributed by atoms with van der Waals surface area (Å²) in [7, 11) is 0. The fourth-order valence-corrected chi connectivity index (χ4v) is 3.26. The summed E-state index contributed by atoms with van der Waals surface area (Å²) in [5, 5.41) is 13.2. The first-order valence-electron chi connectivity index (χ1n) is 6.56. The van der Waals surface area contributed by atoms with Gasteiger partial charge < -0.3 is 10.0 Å². The van der Waals surface area contributed by atoms with Crippen molar-refractivity contribution in [1.82, 2.24) is 14.5 Å². The van der Waals surface area contributed by atoms with Crippen LogP contribution in [0.5, 0.6) is 0 Å². The third kappa shape index (κ3) is 2.67. The molecule has 0 aromatic carbocycles. The Morgan fingerprint density at radius 3 is 2.50 bits per heavy atom. The lowest BCUT2D eigenvalue weighted by Gasteiger charge is -2.19. The van der Waals surface area contributed by atoms with E-state index in [-0.39, 0.29) is 23.8 Å². The van der Waals surface area contributed by atoms with E-state index in [9.17, 15) is 9.59 Å². The number of amides is 1. The standard InChI is InChI=1S/C13H19N3O3S/c1-7-5-16(6-8(7)12(18)19)11(17)9-10(13(2,3)4)14-15-20-9/h7-8H,5-6H2,1-4H3,(H,18,19)/t7-,8-/m1/s1. The molecule has 0 radical (unpaired) electrons. The number of hydrogen-bond acceptors (Lipinski definition) is 5. The predicted octanol–water partition coefficient (Wildman–Crippen LogP) is 1.63. The third-order valence-electron chi connectivity index (χ3n) is 3.61. The summed E-state index contributed by atoms with van der Waals surface area (Å²) in [6, 6.07) is 0. The number of likely N-dealkylation sites (tertiary alicyclic amines) is 1. The maximum Gasteiger partial charge on any atom is 0.308 e. The summed E-state index contributed by atoms with van der Waals surface area (Å²) in [5.41, 5.74) is 0.425. The molecule has 1 aromatic rings. The molecule has 1 aromatic heterocycles. The minimum absolute atomic E-state index is 0.0320. The van der Waals surface area contributed by atoms with Crippen molar-refractivity contribution in [1.29, 1.82) is 0 Å². The number of carboxylic acids is 1. The Hall–Kier alpha value is -1.50. The van der Waals surface area contributed by atoms with Crippen LogP contribution in [0.4, 0.5) is 0 Å². The molecule has 0 unspecified atom stereocenters. The molecule has 7 heteroatoms. The summed E-state index contributed by atoms with van der Waals surface area (Å²) >= 11 is 1.08. The van der Waals surface area contributed by atoms with Gasteiger partial charge >= 0.3 is 5.97 Å². The Morgan fingerprint density at radius 1 is 1.35 bits per heavy atom. The maximum atomic E-state index is 12.6. The minimum Gasteiger partial charge on any atom is -0.481 e. The topological polar surface area (TPSA) is 83.4 Å². The van der Waals surface area contributed by atoms with E-state index >= 15 is 0 Å². The first-order chi connectivity index (χ1) is 9.21. The van der Waals surface area contributed by atoms with Crippen molar-refractivity contribution in [2.45, 2.75) is 33.1 Å². The molecule has 1 N–H and O–H groups in total. The molecule has 6 nitrogen and oxygen atoms in total. The van der Waals surface area contributed by atoms with Gasteiger partial charge in [-0.05, 0) is 17.5 Å². The van der Waals surface area contributed by atoms with Crippen molar-refractivity contribution < 1.29 is 14.7 Å². The number of aliphatic carboxylic acids is 1. The molecule has 1 saturated heterocycles. The van der Waals surface area contributed by atoms with Crippen LogP contribution in [0.2, 0.25) is 0 Å². The Balaban J connectivity index is 2.22. The molecule has 0 saturated carbocycles. The highest BCUT2D eigenvalue weighted by Gasteiger charge is 2.39. The molecule has 1 aliphatic rings. The second-order valence-corrected chi connectivity index (χ2v) is 7.09. The van der Waals surface area contributed by atoms with Crippen LogP contribution in [0.3, 0.4) is 0 Å². The number of rotatable bonds is 2. The quantitative estimate of drug-likeness (QED) is 0.897. The average molecular weight is 297 g/mol. The van der Waals surface area contributed by atoms with Gasteiger partial charge in [-0.15, -0.1) is 5.10 Å². The van der Waals surface area contributed by atoms with Crippen LogP contribution >= 0.6 is 11.5 Å². The van der Waals surface area contributed by atoms with Gasteiger partial charge in [-0.1, -0.05) is 32.2 Å². The fraction of sp³-hybridized carbons (Fsp3) is 0.692. The monoisotopic (exact) mass is 297 g/mol. The molecule has 0 spiro atoms. The summed E-state index contributed by atoms with van der Waals surface area (Å²) in [6.07, 6.45) is 0. The smallest absolute Gasteiger partial charge is 0.308 e. The Bertz CT molecular complexity index is 535. The van der Waals surface area contributed by atoms with Gasteiger partial charge in [0.1, 0.15) is 4.88 Å². The SMILES string of the molecule is C[C@@H]1CN(C(=O)c2snnc2C(C)(C)C)C[C@H]1C(=O)O. The Labute approximate surface area is 122 Å². The summed E-state index contributed by atoms with van der Waals surface area (Å²) in [4.78, 5) is 25.8. The molecule has 0 bridgehead atoms. The molecule has 2 atom stereocenters. The van der Waals surface area contributed by atoms with Crippen molar-refractivity contribution in [3.8, 4) is 0 Å². The van der Waals surface area contributed by atoms with Crippen LogP contribution in [0.1, 0.15) is 43.1 Å². The zero-order valence-electron chi connectivity index (χ0n) is 12.1. The molecule has 110 valence electrons. The van der Waals surface area contributed by atoms with Gasteiger partial charge in [0, 0.05) is 18.5 Å². The van der Waals surface area contributed by atoms with Gasteiger partial charge in [-0.25, -0.2) is 0 Å². The summed E-state index contributed by atoms with van der Waals surface area (Å²) < 4.78 is 3.88. The molecule has 1 aliphatic heterocycles. The third-order valence-corrected chi connectivity index (χ3v) is 4.32. The summed E-state index contributed by atoms with van der Waals surface area (Å²) in [5.74, 6) is -1.51. The lowest BCUT2D eigenvalue weighted by atomic mass is 9.91. The molecule has 2 rings (SSSR count). The Kier molecular flexibility index (Phi) is 3.82. The number of nitrogens with zero attached hydrogens (tertiary/aromatic N) is 3. The number of carboxylic acid groups (broad SMARTS) is 1. The molecule has 0 aliphatic carbocycles. The van der Waals surface area contributed by atoms with Crippen molar-refractivity contribution in [3.63, 3.8) is 0 Å². The van der Waals surface area contributed by atoms with E-state index in [4.69, 9.17) is 5.11 Å². The lowest BCUT2D eigenvalue weighted by Crippen LogP contribution is -2.31. The van der Waals surface area contributed by atoms with Crippen LogP contribution in [0, 0.1) is 11.8 Å². The zero-order chi connectivity index (χ0) is 15.1. The Morgan fingerprint density at radius 2 is 2.00 bits per heavy atom. The van der Waals surface area contributed by atoms with E-state index in [0.717, 1.165) is 11.5 Å². The predicted molar refractivity (Wildman–Crippen MR) is 74.8 cm³/mol. The molecule has 1 amide bonds. The zero-order valence-corrected chi connectivity index (χ0v) is 12.9. The molecular formula is C13H19N3O3S. The lowest BCUT2D eigenvalue weighted by molar-refractivity contribution is -0.142. The normalized spacial score (nSPS) is 23.1. The van der Waals surface area contributed by atoms with Crippen LogP contribution in [-0.4, -0.2) is 44.6 Å². The highest BCUT2D eigenvalue weighted by molar-refractivity contribution is 7.08. The number of aromatic nitrogens is 2. The van der Waals surface area contributed by atoms with E-state index in [0.29, 0.717) is 17.1 Å². The van der Waals surface area contributed by atoms with Gasteiger partial charge in [0.25, 0.3) is 5.91 Å². The van der Waals surface area contributed by atoms with Gasteiger partial charge in [0.15, 0.2) is 0 Å². The molecule has 20 heavy (non-hydrogen) atoms. The largest absolute Gasteiger partial charge is 0.481 e. The van der Waals surface area contributed by atoms with Crippen molar-refractivity contribution in [2.24, 2.45) is 11.8 Å². The maximum absolute atomic E-state index is 12.6. The average Bonchev–Trinajstić information content (AvgIpc) is 2.92. The van der Waals surface area contributed by atoms with E-state index in [2.05, 4.69) is 9.59 Å². The van der Waals surface area contributed by atoms with Crippen molar-refractivity contribution >= 4 is 23.4 Å². The second-order valence-electron chi connectivity index (χ2n) is 6.33. The fourth-order valence-electron chi connectivity index (χ4n) is 2.42. The van der Waals surface area contributed by atoms with Gasteiger partial charge in [0.05, 0.1) is 11.6 Å². The highest BCUT2D eigenvalue weighted by atomic mass is 32.1.